The lowest BCUT2D eigenvalue weighted by molar-refractivity contribution is 0.413. The van der Waals surface area contributed by atoms with Crippen molar-refractivity contribution in [1.82, 2.24) is 19.7 Å². The molecule has 0 fully saturated rings. The molecule has 2 heterocycles. The maximum Gasteiger partial charge on any atom is 0.261 e. The average Bonchev–Trinajstić information content (AvgIpc) is 3.22. The molecule has 0 amide bonds. The second-order valence-corrected chi connectivity index (χ2v) is 6.13. The third kappa shape index (κ3) is 2.75. The maximum atomic E-state index is 13.1. The van der Waals surface area contributed by atoms with Gasteiger partial charge in [-0.05, 0) is 42.3 Å². The van der Waals surface area contributed by atoms with Gasteiger partial charge in [0.15, 0.2) is 0 Å². The highest BCUT2D eigenvalue weighted by atomic mass is 16.5. The number of ether oxygens (including phenoxy) is 1. The van der Waals surface area contributed by atoms with Crippen LogP contribution in [0.3, 0.4) is 0 Å². The van der Waals surface area contributed by atoms with Gasteiger partial charge in [-0.3, -0.25) is 14.5 Å². The van der Waals surface area contributed by atoms with Crippen LogP contribution in [0.25, 0.3) is 22.0 Å². The topological polar surface area (TPSA) is 72.8 Å². The molecule has 2 aromatic carbocycles. The quantitative estimate of drug-likeness (QED) is 0.615. The molecular formula is C20H18N4O2. The number of H-pyrrole nitrogens is 1. The molecule has 0 aliphatic heterocycles. The van der Waals surface area contributed by atoms with Gasteiger partial charge in [0.05, 0.1) is 36.6 Å². The molecular weight excluding hydrogens is 328 g/mol. The van der Waals surface area contributed by atoms with E-state index in [1.165, 1.54) is 0 Å². The second kappa shape index (κ2) is 6.48. The van der Waals surface area contributed by atoms with Gasteiger partial charge >= 0.3 is 0 Å². The van der Waals surface area contributed by atoms with E-state index in [2.05, 4.69) is 15.2 Å². The van der Waals surface area contributed by atoms with Crippen LogP contribution in [0.2, 0.25) is 0 Å². The lowest BCUT2D eigenvalue weighted by Crippen LogP contribution is -2.24. The van der Waals surface area contributed by atoms with Crippen LogP contribution in [-0.4, -0.2) is 26.9 Å². The molecule has 0 unspecified atom stereocenters. The highest BCUT2D eigenvalue weighted by Crippen LogP contribution is 2.23. The molecule has 0 aliphatic carbocycles. The predicted octanol–water partition coefficient (Wildman–Crippen LogP) is 3.40. The average molecular weight is 346 g/mol. The number of benzene rings is 2. The van der Waals surface area contributed by atoms with Crippen molar-refractivity contribution < 1.29 is 4.74 Å². The van der Waals surface area contributed by atoms with E-state index in [-0.39, 0.29) is 11.6 Å². The van der Waals surface area contributed by atoms with Gasteiger partial charge in [0.2, 0.25) is 0 Å². The molecule has 4 rings (SSSR count). The van der Waals surface area contributed by atoms with Crippen LogP contribution in [0.5, 0.6) is 5.75 Å². The molecule has 1 atom stereocenters. The molecule has 0 bridgehead atoms. The molecule has 26 heavy (non-hydrogen) atoms. The summed E-state index contributed by atoms with van der Waals surface area (Å²) >= 11 is 0. The van der Waals surface area contributed by atoms with Crippen molar-refractivity contribution in [3.8, 4) is 16.9 Å². The number of aromatic amines is 1. The minimum atomic E-state index is -0.160. The lowest BCUT2D eigenvalue weighted by atomic mass is 10.1. The van der Waals surface area contributed by atoms with Crippen LogP contribution < -0.4 is 10.3 Å². The Morgan fingerprint density at radius 2 is 2.04 bits per heavy atom. The van der Waals surface area contributed by atoms with E-state index < -0.39 is 0 Å². The number of fused-ring (bicyclic) bond motifs is 1. The summed E-state index contributed by atoms with van der Waals surface area (Å²) in [5.74, 6) is 0.762. The SMILES string of the molecule is COc1cccc([C@H](C)n2cnc3ccc(-c4cn[nH]c4)cc3c2=O)c1. The van der Waals surface area contributed by atoms with Gasteiger partial charge in [-0.2, -0.15) is 5.10 Å². The Labute approximate surface area is 150 Å². The molecule has 130 valence electrons. The normalized spacial score (nSPS) is 12.2. The van der Waals surface area contributed by atoms with Crippen LogP contribution >= 0.6 is 0 Å². The van der Waals surface area contributed by atoms with Gasteiger partial charge in [0.1, 0.15) is 5.75 Å². The molecule has 6 nitrogen and oxygen atoms in total. The van der Waals surface area contributed by atoms with E-state index in [4.69, 9.17) is 4.74 Å². The second-order valence-electron chi connectivity index (χ2n) is 6.13. The van der Waals surface area contributed by atoms with E-state index in [1.54, 1.807) is 30.4 Å². The minimum absolute atomic E-state index is 0.0735. The molecule has 4 aromatic rings. The van der Waals surface area contributed by atoms with E-state index >= 15 is 0 Å². The zero-order valence-corrected chi connectivity index (χ0v) is 14.5. The van der Waals surface area contributed by atoms with Gasteiger partial charge in [-0.1, -0.05) is 18.2 Å². The number of nitrogens with one attached hydrogen (secondary N) is 1. The van der Waals surface area contributed by atoms with Crippen molar-refractivity contribution in [2.45, 2.75) is 13.0 Å². The predicted molar refractivity (Wildman–Crippen MR) is 100 cm³/mol. The van der Waals surface area contributed by atoms with Gasteiger partial charge in [-0.15, -0.1) is 0 Å². The Morgan fingerprint density at radius 3 is 2.81 bits per heavy atom. The van der Waals surface area contributed by atoms with Crippen molar-refractivity contribution in [3.63, 3.8) is 0 Å². The first kappa shape index (κ1) is 16.1. The standard InChI is InChI=1S/C20H18N4O2/c1-13(14-4-3-5-17(8-14)26-2)24-12-21-19-7-6-15(9-18(19)20(24)25)16-10-22-23-11-16/h3-13H,1-2H3,(H,22,23)/t13-/m0/s1. The molecule has 0 saturated heterocycles. The lowest BCUT2D eigenvalue weighted by Gasteiger charge is -2.16. The van der Waals surface area contributed by atoms with Gasteiger partial charge in [-0.25, -0.2) is 4.98 Å². The first-order valence-corrected chi connectivity index (χ1v) is 8.31. The van der Waals surface area contributed by atoms with Gasteiger partial charge in [0.25, 0.3) is 5.56 Å². The Kier molecular flexibility index (Phi) is 4.01. The van der Waals surface area contributed by atoms with Crippen LogP contribution in [0, 0.1) is 0 Å². The molecule has 1 N–H and O–H groups in total. The van der Waals surface area contributed by atoms with Crippen molar-refractivity contribution in [2.24, 2.45) is 0 Å². The van der Waals surface area contributed by atoms with Crippen LogP contribution in [0.1, 0.15) is 18.5 Å². The Hall–Kier alpha value is -3.41. The Balaban J connectivity index is 1.82. The van der Waals surface area contributed by atoms with Gasteiger partial charge in [0, 0.05) is 11.8 Å². The number of aromatic nitrogens is 4. The van der Waals surface area contributed by atoms with Gasteiger partial charge < -0.3 is 4.74 Å². The summed E-state index contributed by atoms with van der Waals surface area (Å²) < 4.78 is 6.94. The van der Waals surface area contributed by atoms with Crippen molar-refractivity contribution in [2.75, 3.05) is 7.11 Å². The van der Waals surface area contributed by atoms with E-state index in [0.717, 1.165) is 22.4 Å². The zero-order chi connectivity index (χ0) is 18.1. The highest BCUT2D eigenvalue weighted by Gasteiger charge is 2.13. The number of methoxy groups -OCH3 is 1. The van der Waals surface area contributed by atoms with E-state index in [9.17, 15) is 4.79 Å². The smallest absolute Gasteiger partial charge is 0.261 e. The van der Waals surface area contributed by atoms with Crippen molar-refractivity contribution >= 4 is 10.9 Å². The summed E-state index contributed by atoms with van der Waals surface area (Å²) in [6.07, 6.45) is 5.14. The fraction of sp³-hybridized carbons (Fsp3) is 0.150. The van der Waals surface area contributed by atoms with Crippen LogP contribution in [0.4, 0.5) is 0 Å². The number of rotatable bonds is 4. The first-order chi connectivity index (χ1) is 12.7. The zero-order valence-electron chi connectivity index (χ0n) is 14.5. The monoisotopic (exact) mass is 346 g/mol. The third-order valence-electron chi connectivity index (χ3n) is 4.61. The van der Waals surface area contributed by atoms with Crippen molar-refractivity contribution in [3.05, 3.63) is 77.1 Å². The fourth-order valence-electron chi connectivity index (χ4n) is 3.06. The third-order valence-corrected chi connectivity index (χ3v) is 4.61. The summed E-state index contributed by atoms with van der Waals surface area (Å²) in [5.41, 5.74) is 3.45. The van der Waals surface area contributed by atoms with E-state index in [0.29, 0.717) is 10.9 Å². The summed E-state index contributed by atoms with van der Waals surface area (Å²) in [5, 5.41) is 7.34. The first-order valence-electron chi connectivity index (χ1n) is 8.31. The van der Waals surface area contributed by atoms with Crippen molar-refractivity contribution in [1.29, 1.82) is 0 Å². The minimum Gasteiger partial charge on any atom is -0.497 e. The molecule has 6 heteroatoms. The molecule has 0 spiro atoms. The Bertz CT molecular complexity index is 1120. The molecule has 0 saturated carbocycles. The van der Waals surface area contributed by atoms with E-state index in [1.807, 2.05) is 49.4 Å². The maximum absolute atomic E-state index is 13.1. The highest BCUT2D eigenvalue weighted by molar-refractivity contribution is 5.83. The molecule has 0 aliphatic rings. The van der Waals surface area contributed by atoms with Crippen LogP contribution in [0.15, 0.2) is 66.0 Å². The molecule has 0 radical (unpaired) electrons. The summed E-state index contributed by atoms with van der Waals surface area (Å²) in [7, 11) is 1.63. The number of nitrogens with zero attached hydrogens (tertiary/aromatic N) is 3. The molecule has 2 aromatic heterocycles. The Morgan fingerprint density at radius 1 is 1.15 bits per heavy atom. The van der Waals surface area contributed by atoms with Crippen LogP contribution in [-0.2, 0) is 0 Å². The summed E-state index contributed by atoms with van der Waals surface area (Å²) in [6, 6.07) is 13.2. The largest absolute Gasteiger partial charge is 0.497 e. The summed E-state index contributed by atoms with van der Waals surface area (Å²) in [6.45, 7) is 1.98. The fourth-order valence-corrected chi connectivity index (χ4v) is 3.06. The summed E-state index contributed by atoms with van der Waals surface area (Å²) in [4.78, 5) is 17.5. The number of hydrogen-bond acceptors (Lipinski definition) is 4. The number of hydrogen-bond donors (Lipinski definition) is 1.